The third-order valence-electron chi connectivity index (χ3n) is 5.17. The molecule has 0 saturated carbocycles. The Labute approximate surface area is 165 Å². The third kappa shape index (κ3) is 2.72. The Morgan fingerprint density at radius 2 is 1.89 bits per heavy atom. The Kier molecular flexibility index (Phi) is 4.02. The van der Waals surface area contributed by atoms with Gasteiger partial charge in [0.2, 0.25) is 5.95 Å². The summed E-state index contributed by atoms with van der Waals surface area (Å²) in [6.07, 6.45) is 2.07. The molecule has 1 N–H and O–H groups in total. The number of halogens is 2. The molecular weight excluding hydrogens is 379 g/mol. The normalized spacial score (nSPS) is 18.5. The maximum atomic E-state index is 13.5. The molecule has 2 aromatic carbocycles. The predicted molar refractivity (Wildman–Crippen MR) is 105 cm³/mol. The molecule has 1 aromatic heterocycles. The van der Waals surface area contributed by atoms with Crippen LogP contribution in [0.2, 0.25) is 5.02 Å². The van der Waals surface area contributed by atoms with E-state index in [2.05, 4.69) is 15.4 Å². The van der Waals surface area contributed by atoms with Gasteiger partial charge >= 0.3 is 0 Å². The monoisotopic (exact) mass is 394 g/mol. The molecule has 1 aliphatic heterocycles. The molecule has 5 nitrogen and oxygen atoms in total. The molecule has 0 amide bonds. The number of hydrogen-bond donors (Lipinski definition) is 1. The van der Waals surface area contributed by atoms with Crippen LogP contribution in [0.5, 0.6) is 0 Å². The van der Waals surface area contributed by atoms with E-state index in [4.69, 9.17) is 11.6 Å². The first-order chi connectivity index (χ1) is 13.6. The highest BCUT2D eigenvalue weighted by atomic mass is 35.5. The summed E-state index contributed by atoms with van der Waals surface area (Å²) in [6.45, 7) is 0. The Morgan fingerprint density at radius 3 is 2.68 bits per heavy atom. The van der Waals surface area contributed by atoms with E-state index in [0.29, 0.717) is 28.8 Å². The van der Waals surface area contributed by atoms with Crippen molar-refractivity contribution in [3.63, 3.8) is 0 Å². The van der Waals surface area contributed by atoms with Gasteiger partial charge in [-0.1, -0.05) is 35.9 Å². The zero-order valence-electron chi connectivity index (χ0n) is 14.8. The van der Waals surface area contributed by atoms with Crippen LogP contribution in [0, 0.1) is 5.82 Å². The Bertz CT molecular complexity index is 1120. The quantitative estimate of drug-likeness (QED) is 0.680. The molecule has 3 aromatic rings. The molecule has 0 bridgehead atoms. The molecule has 0 radical (unpaired) electrons. The molecule has 140 valence electrons. The van der Waals surface area contributed by atoms with E-state index in [0.717, 1.165) is 29.7 Å². The average Bonchev–Trinajstić information content (AvgIpc) is 3.11. The van der Waals surface area contributed by atoms with E-state index in [-0.39, 0.29) is 11.6 Å². The average molecular weight is 395 g/mol. The van der Waals surface area contributed by atoms with Crippen LogP contribution in [0.1, 0.15) is 30.9 Å². The van der Waals surface area contributed by atoms with Crippen LogP contribution in [0.15, 0.2) is 59.8 Å². The number of anilines is 1. The fourth-order valence-electron chi connectivity index (χ4n) is 3.87. The van der Waals surface area contributed by atoms with E-state index < -0.39 is 6.04 Å². The smallest absolute Gasteiger partial charge is 0.226 e. The molecule has 28 heavy (non-hydrogen) atoms. The van der Waals surface area contributed by atoms with E-state index in [1.807, 2.05) is 18.2 Å². The van der Waals surface area contributed by atoms with Crippen LogP contribution < -0.4 is 5.32 Å². The lowest BCUT2D eigenvalue weighted by atomic mass is 9.85. The second kappa shape index (κ2) is 6.56. The minimum Gasteiger partial charge on any atom is -0.328 e. The van der Waals surface area contributed by atoms with Crippen molar-refractivity contribution in [3.05, 3.63) is 76.2 Å². The van der Waals surface area contributed by atoms with Crippen LogP contribution >= 0.6 is 11.6 Å². The van der Waals surface area contributed by atoms with Crippen LogP contribution in [0.25, 0.3) is 11.4 Å². The molecule has 2 heterocycles. The molecule has 1 aliphatic carbocycles. The highest BCUT2D eigenvalue weighted by Gasteiger charge is 2.37. The van der Waals surface area contributed by atoms with Gasteiger partial charge in [0.15, 0.2) is 11.6 Å². The third-order valence-corrected chi connectivity index (χ3v) is 5.50. The highest BCUT2D eigenvalue weighted by molar-refractivity contribution is 6.33. The van der Waals surface area contributed by atoms with Crippen molar-refractivity contribution >= 4 is 23.3 Å². The van der Waals surface area contributed by atoms with E-state index >= 15 is 0 Å². The molecule has 7 heteroatoms. The lowest BCUT2D eigenvalue weighted by Crippen LogP contribution is -2.31. The number of carbonyl (C=O) groups is 1. The van der Waals surface area contributed by atoms with E-state index in [1.54, 1.807) is 22.9 Å². The molecule has 5 rings (SSSR count). The van der Waals surface area contributed by atoms with Gasteiger partial charge in [0, 0.05) is 23.3 Å². The number of carbonyl (C=O) groups excluding carboxylic acids is 1. The largest absolute Gasteiger partial charge is 0.328 e. The summed E-state index contributed by atoms with van der Waals surface area (Å²) < 4.78 is 15.2. The summed E-state index contributed by atoms with van der Waals surface area (Å²) in [5.41, 5.74) is 3.06. The second-order valence-electron chi connectivity index (χ2n) is 6.93. The lowest BCUT2D eigenvalue weighted by molar-refractivity contribution is -0.116. The van der Waals surface area contributed by atoms with Gasteiger partial charge in [-0.05, 0) is 42.7 Å². The number of Topliss-reactive ketones (excluding diaryl/α,β-unsaturated/α-hetero) is 1. The summed E-state index contributed by atoms with van der Waals surface area (Å²) in [4.78, 5) is 17.4. The van der Waals surface area contributed by atoms with E-state index in [9.17, 15) is 9.18 Å². The number of benzene rings is 2. The fourth-order valence-corrected chi connectivity index (χ4v) is 4.09. The Hall–Kier alpha value is -2.99. The summed E-state index contributed by atoms with van der Waals surface area (Å²) in [6, 6.07) is 13.1. The number of rotatable bonds is 2. The lowest BCUT2D eigenvalue weighted by Gasteiger charge is -2.32. The van der Waals surface area contributed by atoms with Crippen LogP contribution in [0.4, 0.5) is 10.3 Å². The van der Waals surface area contributed by atoms with Crippen LogP contribution in [-0.4, -0.2) is 20.5 Å². The number of allylic oxidation sites excluding steroid dienone is 2. The number of hydrogen-bond acceptors (Lipinski definition) is 4. The van der Waals surface area contributed by atoms with Crippen molar-refractivity contribution in [1.82, 2.24) is 14.8 Å². The number of nitrogens with one attached hydrogen (secondary N) is 1. The topological polar surface area (TPSA) is 59.8 Å². The van der Waals surface area contributed by atoms with Crippen molar-refractivity contribution in [2.24, 2.45) is 0 Å². The number of ketones is 1. The molecule has 1 unspecified atom stereocenters. The Morgan fingerprint density at radius 1 is 1.11 bits per heavy atom. The first-order valence-corrected chi connectivity index (χ1v) is 9.50. The van der Waals surface area contributed by atoms with Gasteiger partial charge in [0.05, 0.1) is 5.02 Å². The summed E-state index contributed by atoms with van der Waals surface area (Å²) in [5.74, 6) is 0.797. The van der Waals surface area contributed by atoms with Crippen molar-refractivity contribution in [2.45, 2.75) is 25.3 Å². The zero-order valence-corrected chi connectivity index (χ0v) is 15.6. The van der Waals surface area contributed by atoms with Gasteiger partial charge in [0.1, 0.15) is 11.9 Å². The molecular formula is C21H16ClFN4O. The maximum Gasteiger partial charge on any atom is 0.226 e. The van der Waals surface area contributed by atoms with Crippen molar-refractivity contribution in [3.8, 4) is 11.4 Å². The van der Waals surface area contributed by atoms with Gasteiger partial charge in [0.25, 0.3) is 0 Å². The zero-order chi connectivity index (χ0) is 19.3. The first kappa shape index (κ1) is 17.1. The number of fused-ring (bicyclic) bond motifs is 1. The van der Waals surface area contributed by atoms with Crippen molar-refractivity contribution < 1.29 is 9.18 Å². The molecule has 1 atom stereocenters. The predicted octanol–water partition coefficient (Wildman–Crippen LogP) is 4.76. The summed E-state index contributed by atoms with van der Waals surface area (Å²) in [7, 11) is 0. The fraction of sp³-hybridized carbons (Fsp3) is 0.190. The minimum atomic E-state index is -0.441. The summed E-state index contributed by atoms with van der Waals surface area (Å²) in [5, 5.41) is 8.50. The van der Waals surface area contributed by atoms with Gasteiger partial charge in [-0.2, -0.15) is 4.98 Å². The molecule has 0 spiro atoms. The molecule has 2 aliphatic rings. The highest BCUT2D eigenvalue weighted by Crippen LogP contribution is 2.41. The van der Waals surface area contributed by atoms with E-state index in [1.165, 1.54) is 12.1 Å². The van der Waals surface area contributed by atoms with Gasteiger partial charge in [-0.15, -0.1) is 5.10 Å². The molecule has 0 saturated heterocycles. The van der Waals surface area contributed by atoms with Crippen molar-refractivity contribution in [2.75, 3.05) is 5.32 Å². The van der Waals surface area contributed by atoms with Gasteiger partial charge in [-0.3, -0.25) is 4.79 Å². The first-order valence-electron chi connectivity index (χ1n) is 9.12. The maximum absolute atomic E-state index is 13.5. The van der Waals surface area contributed by atoms with Gasteiger partial charge in [-0.25, -0.2) is 9.07 Å². The minimum absolute atomic E-state index is 0.0866. The van der Waals surface area contributed by atoms with Crippen LogP contribution in [-0.2, 0) is 4.79 Å². The number of nitrogens with zero attached hydrogens (tertiary/aromatic N) is 3. The van der Waals surface area contributed by atoms with Gasteiger partial charge < -0.3 is 5.32 Å². The number of aromatic nitrogens is 3. The van der Waals surface area contributed by atoms with Crippen LogP contribution in [0.3, 0.4) is 0 Å². The van der Waals surface area contributed by atoms with Crippen molar-refractivity contribution in [1.29, 1.82) is 0 Å². The second-order valence-corrected chi connectivity index (χ2v) is 7.34. The SMILES string of the molecule is O=C1CCCC2=C1C(c1ccc(F)cc1)n1nc(-c3ccccc3Cl)nc1N2. The summed E-state index contributed by atoms with van der Waals surface area (Å²) >= 11 is 6.32. The molecule has 0 fully saturated rings. The Balaban J connectivity index is 1.69. The standard InChI is InChI=1S/C21H16ClFN4O/c22-15-5-2-1-4-14(15)20-25-21-24-16-6-3-7-17(28)18(16)19(27(21)26-20)12-8-10-13(23)11-9-12/h1-2,4-5,8-11,19H,3,6-7H2,(H,24,25,26).